The fourth-order valence-electron chi connectivity index (χ4n) is 3.34. The Hall–Kier alpha value is -0.570. The van der Waals surface area contributed by atoms with Gasteiger partial charge in [-0.25, -0.2) is 0 Å². The van der Waals surface area contributed by atoms with Gasteiger partial charge in [-0.05, 0) is 33.6 Å². The number of methoxy groups -OCH3 is 1. The van der Waals surface area contributed by atoms with Crippen LogP contribution in [0.1, 0.15) is 34.6 Å². The van der Waals surface area contributed by atoms with Crippen LogP contribution in [-0.2, 0) is 9.53 Å². The molecule has 0 bridgehead atoms. The van der Waals surface area contributed by atoms with Crippen molar-refractivity contribution in [3.05, 3.63) is 0 Å². The summed E-state index contributed by atoms with van der Waals surface area (Å²) in [6, 6.07) is 1.05. The molecule has 1 fully saturated rings. The topological polar surface area (TPSA) is 57.2 Å². The molecule has 1 heterocycles. The average molecular weight is 454 g/mol. The molecule has 0 amide bonds. The Balaban J connectivity index is 0.00000529. The summed E-state index contributed by atoms with van der Waals surface area (Å²) in [6.45, 7) is 14.3. The van der Waals surface area contributed by atoms with E-state index in [9.17, 15) is 4.79 Å². The number of aliphatic imine (C=N–C) groups is 1. The molecular formula is C17H35IN4O2. The molecular weight excluding hydrogens is 419 g/mol. The SMILES string of the molecule is CN=C(NCCN(C(C)C)C(C)C)N1CC(C)C(C(=O)OC)C1.I. The Kier molecular flexibility index (Phi) is 10.9. The van der Waals surface area contributed by atoms with E-state index in [1.807, 2.05) is 0 Å². The number of carbonyl (C=O) groups excluding carboxylic acids is 1. The zero-order valence-corrected chi connectivity index (χ0v) is 18.5. The number of rotatable bonds is 6. The number of halogens is 1. The molecule has 0 radical (unpaired) electrons. The van der Waals surface area contributed by atoms with Crippen molar-refractivity contribution in [3.63, 3.8) is 0 Å². The highest BCUT2D eigenvalue weighted by molar-refractivity contribution is 14.0. The van der Waals surface area contributed by atoms with Crippen LogP contribution in [0.3, 0.4) is 0 Å². The predicted octanol–water partition coefficient (Wildman–Crippen LogP) is 2.04. The van der Waals surface area contributed by atoms with Crippen LogP contribution in [0.25, 0.3) is 0 Å². The first-order valence-electron chi connectivity index (χ1n) is 8.60. The van der Waals surface area contributed by atoms with Crippen LogP contribution in [0.2, 0.25) is 0 Å². The molecule has 2 atom stereocenters. The summed E-state index contributed by atoms with van der Waals surface area (Å²) in [5.74, 6) is 0.960. The minimum absolute atomic E-state index is 0. The summed E-state index contributed by atoms with van der Waals surface area (Å²) in [7, 11) is 3.25. The van der Waals surface area contributed by atoms with Gasteiger partial charge in [0.25, 0.3) is 0 Å². The highest BCUT2D eigenvalue weighted by Crippen LogP contribution is 2.24. The van der Waals surface area contributed by atoms with Crippen LogP contribution in [0, 0.1) is 11.8 Å². The second-order valence-electron chi connectivity index (χ2n) is 6.91. The molecule has 0 aromatic carbocycles. The maximum absolute atomic E-state index is 11.8. The molecule has 7 heteroatoms. The molecule has 6 nitrogen and oxygen atoms in total. The lowest BCUT2D eigenvalue weighted by atomic mass is 9.99. The minimum atomic E-state index is -0.124. The van der Waals surface area contributed by atoms with E-state index in [1.165, 1.54) is 7.11 Å². The Bertz CT molecular complexity index is 407. The van der Waals surface area contributed by atoms with Gasteiger partial charge in [-0.3, -0.25) is 14.7 Å². The van der Waals surface area contributed by atoms with E-state index in [2.05, 4.69) is 54.7 Å². The summed E-state index contributed by atoms with van der Waals surface area (Å²) in [6.07, 6.45) is 0. The summed E-state index contributed by atoms with van der Waals surface area (Å²) < 4.78 is 4.90. The lowest BCUT2D eigenvalue weighted by molar-refractivity contribution is -0.145. The van der Waals surface area contributed by atoms with Crippen molar-refractivity contribution in [1.82, 2.24) is 15.1 Å². The van der Waals surface area contributed by atoms with Crippen LogP contribution < -0.4 is 5.32 Å². The number of esters is 1. The quantitative estimate of drug-likeness (QED) is 0.288. The zero-order valence-electron chi connectivity index (χ0n) is 16.2. The van der Waals surface area contributed by atoms with Crippen LogP contribution in [-0.4, -0.2) is 74.1 Å². The molecule has 1 aliphatic heterocycles. The number of hydrogen-bond donors (Lipinski definition) is 1. The number of hydrogen-bond acceptors (Lipinski definition) is 4. The van der Waals surface area contributed by atoms with Gasteiger partial charge in [-0.2, -0.15) is 0 Å². The van der Waals surface area contributed by atoms with Gasteiger partial charge in [-0.15, -0.1) is 24.0 Å². The van der Waals surface area contributed by atoms with Gasteiger partial charge in [0.15, 0.2) is 5.96 Å². The number of nitrogens with zero attached hydrogens (tertiary/aromatic N) is 3. The molecule has 24 heavy (non-hydrogen) atoms. The summed E-state index contributed by atoms with van der Waals surface area (Å²) in [5, 5.41) is 3.43. The first kappa shape index (κ1) is 23.4. The standard InChI is InChI=1S/C17H34N4O2.HI/c1-12(2)21(13(3)4)9-8-19-17(18-6)20-10-14(5)15(11-20)16(22)23-7;/h12-15H,8-11H2,1-7H3,(H,18,19);1H. The Morgan fingerprint density at radius 1 is 1.29 bits per heavy atom. The Morgan fingerprint density at radius 3 is 2.33 bits per heavy atom. The van der Waals surface area contributed by atoms with Crippen molar-refractivity contribution in [1.29, 1.82) is 0 Å². The van der Waals surface area contributed by atoms with Crippen molar-refractivity contribution in [3.8, 4) is 0 Å². The van der Waals surface area contributed by atoms with E-state index >= 15 is 0 Å². The monoisotopic (exact) mass is 454 g/mol. The maximum atomic E-state index is 11.8. The van der Waals surface area contributed by atoms with Gasteiger partial charge in [-0.1, -0.05) is 6.92 Å². The second-order valence-corrected chi connectivity index (χ2v) is 6.91. The molecule has 1 saturated heterocycles. The first-order valence-corrected chi connectivity index (χ1v) is 8.60. The van der Waals surface area contributed by atoms with E-state index in [1.54, 1.807) is 7.05 Å². The highest BCUT2D eigenvalue weighted by atomic mass is 127. The first-order chi connectivity index (χ1) is 10.8. The largest absolute Gasteiger partial charge is 0.469 e. The van der Waals surface area contributed by atoms with E-state index in [-0.39, 0.29) is 41.8 Å². The molecule has 1 N–H and O–H groups in total. The third-order valence-electron chi connectivity index (χ3n) is 4.61. The predicted molar refractivity (Wildman–Crippen MR) is 110 cm³/mol. The lowest BCUT2D eigenvalue weighted by Crippen LogP contribution is -2.46. The van der Waals surface area contributed by atoms with Crippen molar-refractivity contribution in [2.24, 2.45) is 16.8 Å². The maximum Gasteiger partial charge on any atom is 0.310 e. The van der Waals surface area contributed by atoms with E-state index < -0.39 is 0 Å². The van der Waals surface area contributed by atoms with Crippen molar-refractivity contribution in [2.45, 2.75) is 46.7 Å². The van der Waals surface area contributed by atoms with Crippen LogP contribution in [0.5, 0.6) is 0 Å². The number of carbonyl (C=O) groups is 1. The Labute approximate surface area is 164 Å². The summed E-state index contributed by atoms with van der Waals surface area (Å²) in [5.41, 5.74) is 0. The normalized spacial score (nSPS) is 21.4. The Morgan fingerprint density at radius 2 is 1.88 bits per heavy atom. The van der Waals surface area contributed by atoms with Crippen LogP contribution >= 0.6 is 24.0 Å². The molecule has 1 rings (SSSR count). The van der Waals surface area contributed by atoms with E-state index in [0.29, 0.717) is 18.6 Å². The average Bonchev–Trinajstić information content (AvgIpc) is 2.87. The van der Waals surface area contributed by atoms with Gasteiger partial charge < -0.3 is 15.0 Å². The van der Waals surface area contributed by atoms with Crippen LogP contribution in [0.15, 0.2) is 4.99 Å². The highest BCUT2D eigenvalue weighted by Gasteiger charge is 2.36. The fraction of sp³-hybridized carbons (Fsp3) is 0.882. The lowest BCUT2D eigenvalue weighted by Gasteiger charge is -2.31. The van der Waals surface area contributed by atoms with Crippen molar-refractivity contribution in [2.75, 3.05) is 40.3 Å². The third kappa shape index (κ3) is 6.38. The van der Waals surface area contributed by atoms with Gasteiger partial charge in [0, 0.05) is 45.3 Å². The second kappa shape index (κ2) is 11.1. The van der Waals surface area contributed by atoms with Crippen molar-refractivity contribution >= 4 is 35.9 Å². The van der Waals surface area contributed by atoms with Crippen molar-refractivity contribution < 1.29 is 9.53 Å². The van der Waals surface area contributed by atoms with Gasteiger partial charge in [0.05, 0.1) is 13.0 Å². The minimum Gasteiger partial charge on any atom is -0.469 e. The molecule has 0 spiro atoms. The molecule has 142 valence electrons. The summed E-state index contributed by atoms with van der Waals surface area (Å²) >= 11 is 0. The molecule has 0 aliphatic carbocycles. The van der Waals surface area contributed by atoms with E-state index in [0.717, 1.165) is 25.6 Å². The number of guanidine groups is 1. The third-order valence-corrected chi connectivity index (χ3v) is 4.61. The molecule has 1 aliphatic rings. The fourth-order valence-corrected chi connectivity index (χ4v) is 3.34. The van der Waals surface area contributed by atoms with Crippen LogP contribution in [0.4, 0.5) is 0 Å². The molecule has 0 aromatic rings. The smallest absolute Gasteiger partial charge is 0.310 e. The molecule has 2 unspecified atom stereocenters. The van der Waals surface area contributed by atoms with Gasteiger partial charge in [0.1, 0.15) is 0 Å². The van der Waals surface area contributed by atoms with Gasteiger partial charge >= 0.3 is 5.97 Å². The number of nitrogens with one attached hydrogen (secondary N) is 1. The zero-order chi connectivity index (χ0) is 17.6. The molecule has 0 saturated carbocycles. The number of ether oxygens (including phenoxy) is 1. The van der Waals surface area contributed by atoms with E-state index in [4.69, 9.17) is 4.74 Å². The van der Waals surface area contributed by atoms with Gasteiger partial charge in [0.2, 0.25) is 0 Å². The number of likely N-dealkylation sites (tertiary alicyclic amines) is 1. The summed E-state index contributed by atoms with van der Waals surface area (Å²) in [4.78, 5) is 20.8. The molecule has 0 aromatic heterocycles.